The maximum absolute atomic E-state index is 13.5. The van der Waals surface area contributed by atoms with Gasteiger partial charge in [-0.1, -0.05) is 0 Å². The summed E-state index contributed by atoms with van der Waals surface area (Å²) in [5, 5.41) is 29.2. The van der Waals surface area contributed by atoms with E-state index < -0.39 is 59.2 Å². The van der Waals surface area contributed by atoms with Crippen LogP contribution in [0.15, 0.2) is 67.6 Å². The number of aryl methyl sites for hydroxylation is 5. The molecular weight excluding hydrogens is 1150 g/mol. The lowest BCUT2D eigenvalue weighted by atomic mass is 10.2. The van der Waals surface area contributed by atoms with Gasteiger partial charge in [0.2, 0.25) is 29.5 Å². The lowest BCUT2D eigenvalue weighted by Gasteiger charge is -2.11. The molecule has 0 bridgehead atoms. The van der Waals surface area contributed by atoms with Crippen molar-refractivity contribution in [2.24, 2.45) is 41.0 Å². The summed E-state index contributed by atoms with van der Waals surface area (Å²) in [6.07, 6.45) is 10.8. The number of nitrogens with one attached hydrogen (secondary N) is 13. The summed E-state index contributed by atoms with van der Waals surface area (Å²) in [5.74, 6) is -5.65. The Morgan fingerprint density at radius 1 is 0.500 bits per heavy atom. The van der Waals surface area contributed by atoms with Crippen LogP contribution in [0.2, 0.25) is 0 Å². The molecular formula is C54H69N23O11. The standard InChI is InChI=1S/C54H69N23O11/c1-29(78)62-39-22-60-44(68-39)52(86)59-16-12-43(80)67-40-23-61-45(69-40)53(87)65-32-19-36(74(5)26-32)48(82)57-14-10-34(55)47(81)71-41-28-77(8)46(70-41)54(88)66-33-21-38(76(7)27-33)51(85)64-31-20-37(75(6)25-31)50(84)63-30-18-35(73(4)24-30)49(83)58-15-11-42(79)56-13-9-17-72(2)3/h18-28,34H,9-17,55H2,1-8H3,(H,56,79)(H,57,82)(H,58,83)(H,59,86)(H,60,68)(H,61,69)(H,62,78)(H,63,84)(H,64,85)(H,65,87)(H,66,88)(H,67,80)(H,71,81)/t34-/m1/s1. The van der Waals surface area contributed by atoms with E-state index in [0.717, 1.165) is 13.0 Å². The van der Waals surface area contributed by atoms with Gasteiger partial charge >= 0.3 is 0 Å². The number of H-pyrrole nitrogens is 2. The van der Waals surface area contributed by atoms with Crippen molar-refractivity contribution in [2.45, 2.75) is 38.6 Å². The minimum absolute atomic E-state index is 0.00345. The number of carbonyl (C=O) groups excluding carboxylic acids is 11. The first-order chi connectivity index (χ1) is 41.8. The summed E-state index contributed by atoms with van der Waals surface area (Å²) < 4.78 is 7.38. The van der Waals surface area contributed by atoms with Crippen LogP contribution >= 0.6 is 0 Å². The Kier molecular flexibility index (Phi) is 21.3. The van der Waals surface area contributed by atoms with Crippen LogP contribution in [0.3, 0.4) is 0 Å². The highest BCUT2D eigenvalue weighted by molar-refractivity contribution is 6.09. The third-order valence-corrected chi connectivity index (χ3v) is 12.9. The zero-order valence-corrected chi connectivity index (χ0v) is 49.4. The molecule has 7 aromatic heterocycles. The van der Waals surface area contributed by atoms with Crippen LogP contribution in [-0.2, 0) is 54.4 Å². The number of rotatable bonds is 28. The molecule has 7 rings (SSSR count). The molecule has 0 aliphatic heterocycles. The molecule has 7 aromatic rings. The Hall–Kier alpha value is -11.2. The highest BCUT2D eigenvalue weighted by atomic mass is 16.2. The van der Waals surface area contributed by atoms with Crippen molar-refractivity contribution in [1.82, 2.24) is 73.9 Å². The van der Waals surface area contributed by atoms with Crippen molar-refractivity contribution in [1.29, 1.82) is 0 Å². The van der Waals surface area contributed by atoms with Gasteiger partial charge in [-0.15, -0.1) is 0 Å². The van der Waals surface area contributed by atoms with Crippen LogP contribution in [0.1, 0.15) is 106 Å². The smallest absolute Gasteiger partial charge is 0.291 e. The highest BCUT2D eigenvalue weighted by Crippen LogP contribution is 2.21. The molecule has 1 atom stereocenters. The molecule has 0 spiro atoms. The predicted molar refractivity (Wildman–Crippen MR) is 320 cm³/mol. The van der Waals surface area contributed by atoms with E-state index in [1.165, 1.54) is 87.5 Å². The van der Waals surface area contributed by atoms with E-state index in [0.29, 0.717) is 17.9 Å². The van der Waals surface area contributed by atoms with Gasteiger partial charge in [-0.25, -0.2) is 15.0 Å². The molecule has 11 amide bonds. The maximum atomic E-state index is 13.5. The number of anilines is 7. The Labute approximate surface area is 501 Å². The second-order valence-electron chi connectivity index (χ2n) is 20.5. The van der Waals surface area contributed by atoms with Gasteiger partial charge in [-0.3, -0.25) is 52.7 Å². The van der Waals surface area contributed by atoms with Crippen molar-refractivity contribution >= 4 is 105 Å². The number of nitrogens with zero attached hydrogens (tertiary/aromatic N) is 9. The van der Waals surface area contributed by atoms with Gasteiger partial charge in [0.15, 0.2) is 17.5 Å². The Morgan fingerprint density at radius 3 is 1.45 bits per heavy atom. The number of aromatic amines is 2. The lowest BCUT2D eigenvalue weighted by Crippen LogP contribution is -2.39. The van der Waals surface area contributed by atoms with E-state index in [1.54, 1.807) is 45.2 Å². The molecule has 88 heavy (non-hydrogen) atoms. The van der Waals surface area contributed by atoms with Gasteiger partial charge in [0, 0.05) is 112 Å². The zero-order chi connectivity index (χ0) is 63.9. The number of carbonyl (C=O) groups is 11. The fourth-order valence-corrected chi connectivity index (χ4v) is 8.59. The van der Waals surface area contributed by atoms with Crippen LogP contribution in [0, 0.1) is 0 Å². The first kappa shape index (κ1) is 64.4. The summed E-state index contributed by atoms with van der Waals surface area (Å²) in [6, 6.07) is 4.71. The summed E-state index contributed by atoms with van der Waals surface area (Å²) in [5.41, 5.74) is 8.03. The summed E-state index contributed by atoms with van der Waals surface area (Å²) in [7, 11) is 11.9. The molecule has 0 aromatic carbocycles. The number of imidazole rings is 3. The molecule has 0 saturated heterocycles. The summed E-state index contributed by atoms with van der Waals surface area (Å²) in [6.45, 7) is 2.72. The van der Waals surface area contributed by atoms with Crippen LogP contribution in [-0.4, -0.2) is 170 Å². The molecule has 34 nitrogen and oxygen atoms in total. The Morgan fingerprint density at radius 2 is 0.943 bits per heavy atom. The fraction of sp³-hybridized carbons (Fsp3) is 0.333. The van der Waals surface area contributed by atoms with Gasteiger partial charge in [-0.05, 0) is 57.7 Å². The third-order valence-electron chi connectivity index (χ3n) is 12.9. The average molecular weight is 1220 g/mol. The molecule has 0 aliphatic rings. The molecule has 34 heteroatoms. The van der Waals surface area contributed by atoms with E-state index >= 15 is 0 Å². The average Bonchev–Trinajstić information content (AvgIpc) is 3.68. The Balaban J connectivity index is 0.811. The first-order valence-corrected chi connectivity index (χ1v) is 27.2. The number of aromatic nitrogens is 10. The third kappa shape index (κ3) is 17.7. The molecule has 0 fully saturated rings. The molecule has 7 heterocycles. The SMILES string of the molecule is CC(=O)Nc1cnc(C(=O)NCCC(=O)Nc2cnc(C(=O)Nc3cc(C(=O)NCC[C@@H](N)C(=O)Nc4cn(C)c(C(=O)Nc5cc(C(=O)Nc6cc(C(=O)Nc7cc(C(=O)NCCC(=O)NCCCN(C)C)n(C)c7)n(C)c6)n(C)c5)n4)n(C)c3)[nH]2)[nH]1. The molecule has 0 radical (unpaired) electrons. The maximum Gasteiger partial charge on any atom is 0.291 e. The number of nitrogens with two attached hydrogens (primary N) is 1. The van der Waals surface area contributed by atoms with Crippen LogP contribution in [0.4, 0.5) is 40.2 Å². The summed E-state index contributed by atoms with van der Waals surface area (Å²) in [4.78, 5) is 160. The van der Waals surface area contributed by atoms with Gasteiger partial charge in [0.1, 0.15) is 34.4 Å². The molecule has 15 N–H and O–H groups in total. The molecule has 0 aliphatic carbocycles. The highest BCUT2D eigenvalue weighted by Gasteiger charge is 2.24. The topological polar surface area (TPSA) is 444 Å². The van der Waals surface area contributed by atoms with Gasteiger partial charge in [0.25, 0.3) is 41.4 Å². The van der Waals surface area contributed by atoms with E-state index in [-0.39, 0.29) is 120 Å². The van der Waals surface area contributed by atoms with Crippen LogP contribution in [0.5, 0.6) is 0 Å². The first-order valence-electron chi connectivity index (χ1n) is 27.2. The minimum Gasteiger partial charge on any atom is -0.356 e. The quantitative estimate of drug-likeness (QED) is 0.0292. The van der Waals surface area contributed by atoms with Crippen molar-refractivity contribution in [2.75, 3.05) is 84.0 Å². The van der Waals surface area contributed by atoms with Crippen molar-refractivity contribution in [3.63, 3.8) is 0 Å². The van der Waals surface area contributed by atoms with Crippen LogP contribution in [0.25, 0.3) is 0 Å². The normalized spacial score (nSPS) is 11.3. The van der Waals surface area contributed by atoms with E-state index in [4.69, 9.17) is 5.73 Å². The lowest BCUT2D eigenvalue weighted by molar-refractivity contribution is -0.121. The predicted octanol–water partition coefficient (Wildman–Crippen LogP) is 0.220. The fourth-order valence-electron chi connectivity index (χ4n) is 8.59. The van der Waals surface area contributed by atoms with Gasteiger partial charge < -0.3 is 102 Å². The van der Waals surface area contributed by atoms with Crippen LogP contribution < -0.4 is 64.2 Å². The van der Waals surface area contributed by atoms with Gasteiger partial charge in [0.05, 0.1) is 41.2 Å². The Bertz CT molecular complexity index is 3770. The molecule has 0 saturated carbocycles. The molecule has 0 unspecified atom stereocenters. The largest absolute Gasteiger partial charge is 0.356 e. The van der Waals surface area contributed by atoms with Crippen molar-refractivity contribution in [3.05, 3.63) is 108 Å². The monoisotopic (exact) mass is 1220 g/mol. The zero-order valence-electron chi connectivity index (χ0n) is 49.4. The molecule has 466 valence electrons. The van der Waals surface area contributed by atoms with Crippen molar-refractivity contribution in [3.8, 4) is 0 Å². The number of hydrogen-bond acceptors (Lipinski definition) is 16. The van der Waals surface area contributed by atoms with Gasteiger partial charge in [-0.2, -0.15) is 0 Å². The number of hydrogen-bond donors (Lipinski definition) is 14. The van der Waals surface area contributed by atoms with E-state index in [1.807, 2.05) is 19.0 Å². The van der Waals surface area contributed by atoms with E-state index in [2.05, 4.69) is 83.4 Å². The van der Waals surface area contributed by atoms with Crippen molar-refractivity contribution < 1.29 is 52.7 Å². The van der Waals surface area contributed by atoms with E-state index in [9.17, 15) is 52.7 Å². The number of amides is 11. The second kappa shape index (κ2) is 29.1. The summed E-state index contributed by atoms with van der Waals surface area (Å²) >= 11 is 0. The minimum atomic E-state index is -1.12. The second-order valence-corrected chi connectivity index (χ2v) is 20.5.